The monoisotopic (exact) mass is 1110 g/mol. The van der Waals surface area contributed by atoms with Crippen LogP contribution in [0.1, 0.15) is 47.8 Å². The second kappa shape index (κ2) is 17.9. The third-order valence-electron chi connectivity index (χ3n) is 21.4. The van der Waals surface area contributed by atoms with Crippen LogP contribution < -0.4 is 0 Å². The standard InChI is InChI=1S/C85H58N2/c1-3-14-61(15-4-1)86-79-20-9-7-18-65(79)74-44-58(33-40-81(74)86)56-32-38-68-76(46-56)83(53-26-22-51(23-27-53)55-30-36-64-69(43-55)71-49-73(71)72-48-70(64)72)67-37-31-57(59-34-41-82-75(45-59)66-19-8-10-21-80(66)87(82)62-16-5-2-6-17-62)47-77(67)84(68)54-28-24-52(25-29-54)63-39-35-60-13-11-12-42-85(60)50-78(63)85/h1-47,70-73,78H,48-50H2. The minimum Gasteiger partial charge on any atom is -0.309 e. The lowest BCUT2D eigenvalue weighted by Crippen LogP contribution is -2.09. The number of para-hydroxylation sites is 4. The van der Waals surface area contributed by atoms with Crippen molar-refractivity contribution in [1.82, 2.24) is 9.13 Å². The van der Waals surface area contributed by atoms with Crippen molar-refractivity contribution in [2.45, 2.75) is 31.1 Å². The molecule has 1 spiro atoms. The summed E-state index contributed by atoms with van der Waals surface area (Å²) in [5.74, 6) is 3.94. The maximum absolute atomic E-state index is 2.55. The molecule has 6 atom stereocenters. The molecule has 2 nitrogen and oxygen atoms in total. The number of aromatic nitrogens is 2. The molecule has 6 unspecified atom stereocenters. The molecule has 87 heavy (non-hydrogen) atoms. The quantitative estimate of drug-likeness (QED) is 0.134. The van der Waals surface area contributed by atoms with E-state index in [4.69, 9.17) is 0 Å². The van der Waals surface area contributed by atoms with E-state index in [0.717, 1.165) is 23.7 Å². The molecular formula is C85H58N2. The summed E-state index contributed by atoms with van der Waals surface area (Å²) in [6.07, 6.45) is 17.9. The molecule has 0 bridgehead atoms. The van der Waals surface area contributed by atoms with Gasteiger partial charge in [0, 0.05) is 38.3 Å². The van der Waals surface area contributed by atoms with Gasteiger partial charge in [-0.3, -0.25) is 0 Å². The zero-order valence-corrected chi connectivity index (χ0v) is 48.0. The molecule has 12 aromatic carbocycles. The summed E-state index contributed by atoms with van der Waals surface area (Å²) in [7, 11) is 0. The first kappa shape index (κ1) is 48.0. The highest BCUT2D eigenvalue weighted by atomic mass is 15.0. The van der Waals surface area contributed by atoms with E-state index >= 15 is 0 Å². The molecule has 0 aliphatic heterocycles. The van der Waals surface area contributed by atoms with Crippen LogP contribution in [-0.4, -0.2) is 9.13 Å². The van der Waals surface area contributed by atoms with Crippen LogP contribution in [0.3, 0.4) is 0 Å². The van der Waals surface area contributed by atoms with Gasteiger partial charge in [-0.25, -0.2) is 0 Å². The van der Waals surface area contributed by atoms with E-state index in [1.807, 2.05) is 0 Å². The van der Waals surface area contributed by atoms with Gasteiger partial charge in [0.15, 0.2) is 0 Å². The van der Waals surface area contributed by atoms with Crippen molar-refractivity contribution < 1.29 is 0 Å². The largest absolute Gasteiger partial charge is 0.309 e. The van der Waals surface area contributed by atoms with Crippen LogP contribution in [0.4, 0.5) is 0 Å². The average Bonchev–Trinajstić information content (AvgIpc) is 1.88. The number of fused-ring (bicyclic) bond motifs is 14. The molecular weight excluding hydrogens is 1050 g/mol. The van der Waals surface area contributed by atoms with Gasteiger partial charge < -0.3 is 9.13 Å². The minimum absolute atomic E-state index is 0.149. The molecule has 408 valence electrons. The molecule has 0 saturated heterocycles. The third kappa shape index (κ3) is 7.10. The van der Waals surface area contributed by atoms with Gasteiger partial charge in [-0.15, -0.1) is 0 Å². The summed E-state index contributed by atoms with van der Waals surface area (Å²) in [6, 6.07) is 94.9. The van der Waals surface area contributed by atoms with Crippen LogP contribution in [0.2, 0.25) is 0 Å². The molecule has 3 fully saturated rings. The molecule has 6 aliphatic rings. The van der Waals surface area contributed by atoms with Crippen molar-refractivity contribution >= 4 is 70.7 Å². The van der Waals surface area contributed by atoms with Crippen LogP contribution >= 0.6 is 0 Å². The molecule has 2 heteroatoms. The third-order valence-corrected chi connectivity index (χ3v) is 21.4. The van der Waals surface area contributed by atoms with E-state index < -0.39 is 0 Å². The Kier molecular flexibility index (Phi) is 9.87. The maximum Gasteiger partial charge on any atom is 0.0541 e. The number of benzene rings is 12. The lowest BCUT2D eigenvalue weighted by molar-refractivity contribution is 0.642. The Labute approximate surface area is 505 Å². The van der Waals surface area contributed by atoms with E-state index in [2.05, 4.69) is 294 Å². The van der Waals surface area contributed by atoms with Crippen LogP contribution in [0.15, 0.2) is 291 Å². The maximum atomic E-state index is 2.55. The van der Waals surface area contributed by atoms with E-state index in [-0.39, 0.29) is 5.41 Å². The van der Waals surface area contributed by atoms with Crippen molar-refractivity contribution in [2.75, 3.05) is 0 Å². The van der Waals surface area contributed by atoms with Gasteiger partial charge in [0.05, 0.1) is 22.1 Å². The fourth-order valence-electron chi connectivity index (χ4n) is 17.0. The predicted octanol–water partition coefficient (Wildman–Crippen LogP) is 22.2. The van der Waals surface area contributed by atoms with Crippen LogP contribution in [0, 0.1) is 23.2 Å². The first-order valence-corrected chi connectivity index (χ1v) is 31.4. The van der Waals surface area contributed by atoms with Gasteiger partial charge in [-0.2, -0.15) is 0 Å². The lowest BCUT2D eigenvalue weighted by Gasteiger charge is -2.23. The van der Waals surface area contributed by atoms with Crippen molar-refractivity contribution in [3.05, 3.63) is 307 Å². The summed E-state index contributed by atoms with van der Waals surface area (Å²) >= 11 is 0. The number of hydrogen-bond acceptors (Lipinski definition) is 0. The zero-order chi connectivity index (χ0) is 56.6. The van der Waals surface area contributed by atoms with Crippen molar-refractivity contribution in [1.29, 1.82) is 0 Å². The van der Waals surface area contributed by atoms with Crippen molar-refractivity contribution in [3.8, 4) is 67.0 Å². The van der Waals surface area contributed by atoms with Gasteiger partial charge in [-0.05, 0) is 227 Å². The van der Waals surface area contributed by atoms with E-state index in [9.17, 15) is 0 Å². The summed E-state index contributed by atoms with van der Waals surface area (Å²) in [5, 5.41) is 10.0. The minimum atomic E-state index is 0.149. The van der Waals surface area contributed by atoms with Gasteiger partial charge in [-0.1, -0.05) is 212 Å². The number of rotatable bonds is 8. The second-order valence-corrected chi connectivity index (χ2v) is 25.9. The normalized spacial score (nSPS) is 20.9. The molecule has 2 heterocycles. The number of allylic oxidation sites excluding steroid dienone is 8. The summed E-state index contributed by atoms with van der Waals surface area (Å²) in [4.78, 5) is 0. The Balaban J connectivity index is 0.804. The van der Waals surface area contributed by atoms with Gasteiger partial charge in [0.25, 0.3) is 0 Å². The Morgan fingerprint density at radius 3 is 1.34 bits per heavy atom. The second-order valence-electron chi connectivity index (χ2n) is 25.9. The van der Waals surface area contributed by atoms with Crippen LogP contribution in [0.5, 0.6) is 0 Å². The van der Waals surface area contributed by atoms with Crippen molar-refractivity contribution in [3.63, 3.8) is 0 Å². The molecule has 3 saturated carbocycles. The Hall–Kier alpha value is -10.3. The van der Waals surface area contributed by atoms with E-state index in [1.54, 1.807) is 11.1 Å². The summed E-state index contributed by atoms with van der Waals surface area (Å²) in [6.45, 7) is 0. The number of nitrogens with zero attached hydrogens (tertiary/aromatic N) is 2. The first-order chi connectivity index (χ1) is 43.1. The molecule has 20 rings (SSSR count). The smallest absolute Gasteiger partial charge is 0.0541 e. The molecule has 6 aliphatic carbocycles. The van der Waals surface area contributed by atoms with Crippen molar-refractivity contribution in [2.24, 2.45) is 23.2 Å². The molecule has 2 aromatic heterocycles. The molecule has 14 aromatic rings. The van der Waals surface area contributed by atoms with Gasteiger partial charge in [0.1, 0.15) is 0 Å². The van der Waals surface area contributed by atoms with E-state index in [0.29, 0.717) is 5.92 Å². The summed E-state index contributed by atoms with van der Waals surface area (Å²) < 4.78 is 4.83. The van der Waals surface area contributed by atoms with Gasteiger partial charge >= 0.3 is 0 Å². The fourth-order valence-corrected chi connectivity index (χ4v) is 17.0. The highest BCUT2D eigenvalue weighted by molar-refractivity contribution is 6.23. The number of hydrogen-bond donors (Lipinski definition) is 0. The van der Waals surface area contributed by atoms with Gasteiger partial charge in [0.2, 0.25) is 0 Å². The predicted molar refractivity (Wildman–Crippen MR) is 364 cm³/mol. The molecule has 0 N–H and O–H groups in total. The summed E-state index contributed by atoms with van der Waals surface area (Å²) in [5.41, 5.74) is 27.2. The lowest BCUT2D eigenvalue weighted by atomic mass is 9.81. The first-order valence-electron chi connectivity index (χ1n) is 31.4. The Morgan fingerprint density at radius 1 is 0.322 bits per heavy atom. The topological polar surface area (TPSA) is 9.86 Å². The molecule has 0 radical (unpaired) electrons. The Bertz CT molecular complexity index is 5430. The molecule has 0 amide bonds. The highest BCUT2D eigenvalue weighted by Crippen LogP contribution is 2.71. The zero-order valence-electron chi connectivity index (χ0n) is 48.0. The van der Waals surface area contributed by atoms with Crippen LogP contribution in [0.25, 0.3) is 138 Å². The van der Waals surface area contributed by atoms with E-state index in [1.165, 1.54) is 168 Å². The fraction of sp³-hybridized carbons (Fsp3) is 0.106. The SMILES string of the molecule is C1=CC2=CC=C(c3ccc(-c4c5ccc(-c6ccc7c(c6)c6ccccc6n7-c6ccccc6)cc5c(-c5ccc(-c6ccc7c(c6)C6CC6C6CC76)cc5)c5ccc(-c6ccc7c(c6)c6ccccc6n7-c6ccccc6)cc45)cc3)C3CC23C=C1. The van der Waals surface area contributed by atoms with Crippen LogP contribution in [-0.2, 0) is 0 Å². The average molecular weight is 1110 g/mol. The highest BCUT2D eigenvalue weighted by Gasteiger charge is 2.59. The Morgan fingerprint density at radius 2 is 0.770 bits per heavy atom.